The molecule has 0 unspecified atom stereocenters. The van der Waals surface area contributed by atoms with E-state index in [0.29, 0.717) is 18.6 Å². The van der Waals surface area contributed by atoms with Crippen LogP contribution in [-0.4, -0.2) is 23.8 Å². The van der Waals surface area contributed by atoms with Gasteiger partial charge in [0.25, 0.3) is 0 Å². The molecule has 1 aromatic heterocycles. The fourth-order valence-electron chi connectivity index (χ4n) is 8.65. The van der Waals surface area contributed by atoms with Crippen LogP contribution in [0.15, 0.2) is 34.7 Å². The number of ether oxygens (including phenoxy) is 2. The van der Waals surface area contributed by atoms with Crippen molar-refractivity contribution in [1.29, 1.82) is 0 Å². The van der Waals surface area contributed by atoms with E-state index in [-0.39, 0.29) is 29.2 Å². The number of cyclic esters (lactones) is 1. The first kappa shape index (κ1) is 23.4. The summed E-state index contributed by atoms with van der Waals surface area (Å²) in [5, 5.41) is 0. The highest BCUT2D eigenvalue weighted by Gasteiger charge is 2.69. The van der Waals surface area contributed by atoms with E-state index in [1.165, 1.54) is 6.92 Å². The Morgan fingerprint density at radius 3 is 2.47 bits per heavy atom. The monoisotopic (exact) mass is 468 g/mol. The van der Waals surface area contributed by atoms with E-state index in [1.807, 2.05) is 6.07 Å². The SMILES string of the molecule is CC(=O)O[C@H]1C[C@@H]2C(C)(C)C(=O)CC[C@]2(C)[C@@H]2CC[C@]3(C)C(=CC(=O)O[C@H]3c3ccoc3)[C@]12C. The first-order valence-corrected chi connectivity index (χ1v) is 12.5. The maximum atomic E-state index is 13.0. The molecule has 0 N–H and O–H groups in total. The van der Waals surface area contributed by atoms with Crippen LogP contribution in [0.5, 0.6) is 0 Å². The fourth-order valence-corrected chi connectivity index (χ4v) is 8.65. The van der Waals surface area contributed by atoms with Gasteiger partial charge in [-0.15, -0.1) is 0 Å². The molecule has 3 fully saturated rings. The molecule has 0 radical (unpaired) electrons. The van der Waals surface area contributed by atoms with Gasteiger partial charge in [-0.2, -0.15) is 0 Å². The molecule has 1 aromatic rings. The molecule has 0 amide bonds. The molecule has 6 nitrogen and oxygen atoms in total. The van der Waals surface area contributed by atoms with E-state index in [4.69, 9.17) is 13.9 Å². The number of hydrogen-bond donors (Lipinski definition) is 0. The van der Waals surface area contributed by atoms with Crippen LogP contribution in [0.1, 0.15) is 85.3 Å². The van der Waals surface area contributed by atoms with Crippen molar-refractivity contribution in [3.8, 4) is 0 Å². The molecule has 184 valence electrons. The van der Waals surface area contributed by atoms with Crippen molar-refractivity contribution in [2.75, 3.05) is 0 Å². The van der Waals surface area contributed by atoms with Crippen LogP contribution in [0.2, 0.25) is 0 Å². The minimum atomic E-state index is -0.540. The summed E-state index contributed by atoms with van der Waals surface area (Å²) in [5.41, 5.74) is 0.299. The Morgan fingerprint density at radius 2 is 1.82 bits per heavy atom. The van der Waals surface area contributed by atoms with Gasteiger partial charge in [0.1, 0.15) is 18.0 Å². The summed E-state index contributed by atoms with van der Waals surface area (Å²) >= 11 is 0. The maximum absolute atomic E-state index is 13.0. The number of hydrogen-bond acceptors (Lipinski definition) is 6. The third kappa shape index (κ3) is 2.96. The van der Waals surface area contributed by atoms with E-state index in [1.54, 1.807) is 18.6 Å². The molecular weight excluding hydrogens is 432 g/mol. The summed E-state index contributed by atoms with van der Waals surface area (Å²) < 4.78 is 17.3. The summed E-state index contributed by atoms with van der Waals surface area (Å²) in [7, 11) is 0. The third-order valence-electron chi connectivity index (χ3n) is 10.3. The number of carbonyl (C=O) groups is 3. The number of Topliss-reactive ketones (excluding diaryl/α,β-unsaturated/α-hetero) is 1. The van der Waals surface area contributed by atoms with Crippen LogP contribution in [-0.2, 0) is 23.9 Å². The average Bonchev–Trinajstić information content (AvgIpc) is 3.28. The Bertz CT molecular complexity index is 1070. The Hall–Kier alpha value is -2.37. The maximum Gasteiger partial charge on any atom is 0.331 e. The lowest BCUT2D eigenvalue weighted by Crippen LogP contribution is -2.66. The highest BCUT2D eigenvalue weighted by molar-refractivity contribution is 5.86. The number of ketones is 1. The van der Waals surface area contributed by atoms with Gasteiger partial charge in [-0.05, 0) is 54.6 Å². The Balaban J connectivity index is 1.68. The second kappa shape index (κ2) is 7.32. The molecule has 3 saturated carbocycles. The first-order chi connectivity index (χ1) is 15.8. The molecule has 3 aliphatic carbocycles. The number of furan rings is 1. The zero-order valence-electron chi connectivity index (χ0n) is 21.1. The second-order valence-electron chi connectivity index (χ2n) is 12.3. The molecule has 1 aliphatic heterocycles. The highest BCUT2D eigenvalue weighted by atomic mass is 16.6. The van der Waals surface area contributed by atoms with Crippen molar-refractivity contribution < 1.29 is 28.3 Å². The van der Waals surface area contributed by atoms with E-state index >= 15 is 0 Å². The smallest absolute Gasteiger partial charge is 0.331 e. The van der Waals surface area contributed by atoms with Crippen molar-refractivity contribution in [3.63, 3.8) is 0 Å². The molecule has 0 spiro atoms. The zero-order valence-corrected chi connectivity index (χ0v) is 21.1. The van der Waals surface area contributed by atoms with Crippen molar-refractivity contribution in [1.82, 2.24) is 0 Å². The topological polar surface area (TPSA) is 82.8 Å². The Labute approximate surface area is 201 Å². The Morgan fingerprint density at radius 1 is 1.09 bits per heavy atom. The molecule has 2 heterocycles. The second-order valence-corrected chi connectivity index (χ2v) is 12.3. The van der Waals surface area contributed by atoms with Gasteiger partial charge < -0.3 is 13.9 Å². The van der Waals surface area contributed by atoms with Gasteiger partial charge in [0, 0.05) is 41.2 Å². The summed E-state index contributed by atoms with van der Waals surface area (Å²) in [6.07, 6.45) is 7.81. The van der Waals surface area contributed by atoms with Crippen molar-refractivity contribution in [2.24, 2.45) is 33.5 Å². The average molecular weight is 469 g/mol. The van der Waals surface area contributed by atoms with Crippen LogP contribution >= 0.6 is 0 Å². The summed E-state index contributed by atoms with van der Waals surface area (Å²) in [5.74, 6) is -0.124. The van der Waals surface area contributed by atoms with Gasteiger partial charge in [-0.25, -0.2) is 4.79 Å². The Kier molecular flexibility index (Phi) is 5.03. The molecule has 0 aromatic carbocycles. The molecule has 5 rings (SSSR count). The van der Waals surface area contributed by atoms with Gasteiger partial charge >= 0.3 is 11.9 Å². The normalized spacial score (nSPS) is 43.1. The van der Waals surface area contributed by atoms with Gasteiger partial charge in [-0.3, -0.25) is 9.59 Å². The number of carbonyl (C=O) groups excluding carboxylic acids is 3. The summed E-state index contributed by atoms with van der Waals surface area (Å²) in [6.45, 7) is 12.2. The largest absolute Gasteiger partial charge is 0.472 e. The van der Waals surface area contributed by atoms with Gasteiger partial charge in [-0.1, -0.05) is 34.6 Å². The standard InChI is InChI=1S/C28H36O6/c1-16(29)33-22-13-19-25(2,3)21(30)8-11-26(19,4)18-7-10-27(5)20(28(18,22)6)14-23(31)34-24(27)17-9-12-32-15-17/h9,12,14-15,18-19,22,24H,7-8,10-11,13H2,1-6H3/t18-,19+,22-,24-,26+,27+,28+/m0/s1. The van der Waals surface area contributed by atoms with E-state index < -0.39 is 28.5 Å². The molecular formula is C28H36O6. The van der Waals surface area contributed by atoms with Crippen molar-refractivity contribution in [3.05, 3.63) is 35.8 Å². The predicted molar refractivity (Wildman–Crippen MR) is 124 cm³/mol. The van der Waals surface area contributed by atoms with E-state index in [0.717, 1.165) is 30.4 Å². The lowest BCUT2D eigenvalue weighted by atomic mass is 9.37. The zero-order chi connectivity index (χ0) is 24.7. The van der Waals surface area contributed by atoms with Crippen LogP contribution in [0.4, 0.5) is 0 Å². The molecule has 6 heteroatoms. The predicted octanol–water partition coefficient (Wildman–Crippen LogP) is 5.57. The van der Waals surface area contributed by atoms with Crippen molar-refractivity contribution >= 4 is 17.7 Å². The number of rotatable bonds is 2. The summed E-state index contributed by atoms with van der Waals surface area (Å²) in [4.78, 5) is 38.3. The van der Waals surface area contributed by atoms with E-state index in [9.17, 15) is 14.4 Å². The quantitative estimate of drug-likeness (QED) is 0.528. The van der Waals surface area contributed by atoms with Crippen LogP contribution in [0.25, 0.3) is 0 Å². The van der Waals surface area contributed by atoms with Gasteiger partial charge in [0.05, 0.1) is 12.5 Å². The number of esters is 2. The molecule has 4 aliphatic rings. The first-order valence-electron chi connectivity index (χ1n) is 12.5. The van der Waals surface area contributed by atoms with E-state index in [2.05, 4.69) is 34.6 Å². The van der Waals surface area contributed by atoms with Gasteiger partial charge in [0.2, 0.25) is 0 Å². The molecule has 0 saturated heterocycles. The molecule has 34 heavy (non-hydrogen) atoms. The highest BCUT2D eigenvalue weighted by Crippen LogP contribution is 2.72. The summed E-state index contributed by atoms with van der Waals surface area (Å²) in [6, 6.07) is 1.86. The minimum Gasteiger partial charge on any atom is -0.472 e. The van der Waals surface area contributed by atoms with Crippen LogP contribution in [0.3, 0.4) is 0 Å². The fraction of sp³-hybridized carbons (Fsp3) is 0.679. The third-order valence-corrected chi connectivity index (χ3v) is 10.3. The van der Waals surface area contributed by atoms with Crippen molar-refractivity contribution in [2.45, 2.75) is 85.9 Å². The van der Waals surface area contributed by atoms with Crippen LogP contribution < -0.4 is 0 Å². The van der Waals surface area contributed by atoms with Gasteiger partial charge in [0.15, 0.2) is 0 Å². The minimum absolute atomic E-state index is 0.0997. The molecule has 7 atom stereocenters. The lowest BCUT2D eigenvalue weighted by molar-refractivity contribution is -0.210. The molecule has 0 bridgehead atoms. The lowest BCUT2D eigenvalue weighted by Gasteiger charge is -2.68. The van der Waals surface area contributed by atoms with Crippen LogP contribution in [0, 0.1) is 33.5 Å². The number of fused-ring (bicyclic) bond motifs is 5.